The van der Waals surface area contributed by atoms with E-state index in [4.69, 9.17) is 4.74 Å². The zero-order chi connectivity index (χ0) is 27.9. The summed E-state index contributed by atoms with van der Waals surface area (Å²) < 4.78 is 5.45. The predicted octanol–water partition coefficient (Wildman–Crippen LogP) is 5.37. The lowest BCUT2D eigenvalue weighted by atomic mass is 9.87. The number of nitrogens with zero attached hydrogens (tertiary/aromatic N) is 1. The highest BCUT2D eigenvalue weighted by atomic mass is 16.6. The highest BCUT2D eigenvalue weighted by molar-refractivity contribution is 5.93. The Kier molecular flexibility index (Phi) is 10.8. The first-order valence-corrected chi connectivity index (χ1v) is 13.7. The molecule has 0 bridgehead atoms. The number of phenolic OH excluding ortho intramolecular Hbond substituents is 1. The molecule has 8 nitrogen and oxygen atoms in total. The molecule has 0 saturated heterocycles. The zero-order valence-corrected chi connectivity index (χ0v) is 23.9. The number of aromatic hydroxyl groups is 1. The maximum atomic E-state index is 14.2. The summed E-state index contributed by atoms with van der Waals surface area (Å²) in [6.45, 7) is 15.0. The van der Waals surface area contributed by atoms with Crippen LogP contribution < -0.4 is 10.6 Å². The van der Waals surface area contributed by atoms with E-state index in [1.54, 1.807) is 50.8 Å². The van der Waals surface area contributed by atoms with Crippen molar-refractivity contribution in [2.24, 2.45) is 5.92 Å². The Balaban J connectivity index is 2.54. The minimum absolute atomic E-state index is 0.00318. The van der Waals surface area contributed by atoms with E-state index >= 15 is 0 Å². The fraction of sp³-hybridized carbons (Fsp3) is 0.690. The lowest BCUT2D eigenvalue weighted by molar-refractivity contribution is -0.148. The van der Waals surface area contributed by atoms with Gasteiger partial charge in [-0.3, -0.25) is 9.59 Å². The molecule has 37 heavy (non-hydrogen) atoms. The number of phenols is 1. The molecule has 2 rings (SSSR count). The molecule has 0 spiro atoms. The molecule has 0 aromatic heterocycles. The van der Waals surface area contributed by atoms with E-state index in [1.165, 1.54) is 0 Å². The van der Waals surface area contributed by atoms with Crippen LogP contribution in [-0.2, 0) is 14.3 Å². The number of hydrogen-bond donors (Lipinski definition) is 3. The number of benzene rings is 1. The third-order valence-electron chi connectivity index (χ3n) is 6.62. The highest BCUT2D eigenvalue weighted by Crippen LogP contribution is 2.38. The lowest BCUT2D eigenvalue weighted by Gasteiger charge is -2.44. The number of ether oxygens (including phenoxy) is 1. The molecule has 3 unspecified atom stereocenters. The van der Waals surface area contributed by atoms with Gasteiger partial charge in [-0.1, -0.05) is 45.4 Å². The summed E-state index contributed by atoms with van der Waals surface area (Å²) in [4.78, 5) is 42.3. The summed E-state index contributed by atoms with van der Waals surface area (Å²) in [5.41, 5.74) is 0.305. The number of hydrogen-bond acceptors (Lipinski definition) is 5. The van der Waals surface area contributed by atoms with E-state index in [1.807, 2.05) is 20.8 Å². The molecule has 1 aromatic carbocycles. The Bertz CT molecular complexity index is 936. The molecule has 0 heterocycles. The van der Waals surface area contributed by atoms with Crippen molar-refractivity contribution in [2.45, 2.75) is 124 Å². The van der Waals surface area contributed by atoms with Crippen LogP contribution in [-0.4, -0.2) is 51.6 Å². The van der Waals surface area contributed by atoms with Crippen molar-refractivity contribution in [1.82, 2.24) is 15.5 Å². The maximum absolute atomic E-state index is 14.2. The van der Waals surface area contributed by atoms with Gasteiger partial charge in [0.1, 0.15) is 23.4 Å². The Morgan fingerprint density at radius 2 is 1.78 bits per heavy atom. The largest absolute Gasteiger partial charge is 0.507 e. The summed E-state index contributed by atoms with van der Waals surface area (Å²) in [6, 6.07) is 3.12. The molecule has 1 aliphatic rings. The topological polar surface area (TPSA) is 108 Å². The van der Waals surface area contributed by atoms with E-state index in [9.17, 15) is 19.5 Å². The minimum Gasteiger partial charge on any atom is -0.507 e. The van der Waals surface area contributed by atoms with Crippen LogP contribution in [0.3, 0.4) is 0 Å². The Morgan fingerprint density at radius 3 is 2.30 bits per heavy atom. The number of aryl methyl sites for hydroxylation is 1. The molecule has 8 heteroatoms. The summed E-state index contributed by atoms with van der Waals surface area (Å²) >= 11 is 0. The quantitative estimate of drug-likeness (QED) is 0.366. The third-order valence-corrected chi connectivity index (χ3v) is 6.62. The lowest BCUT2D eigenvalue weighted by Crippen LogP contribution is -2.58. The molecule has 1 saturated carbocycles. The van der Waals surface area contributed by atoms with Gasteiger partial charge in [0, 0.05) is 17.6 Å². The van der Waals surface area contributed by atoms with Crippen LogP contribution in [0.15, 0.2) is 18.2 Å². The molecular weight excluding hydrogens is 470 g/mol. The van der Waals surface area contributed by atoms with Crippen LogP contribution in [0.25, 0.3) is 0 Å². The summed E-state index contributed by atoms with van der Waals surface area (Å²) in [5, 5.41) is 16.8. The van der Waals surface area contributed by atoms with E-state index in [-0.39, 0.29) is 35.6 Å². The number of nitrogens with one attached hydrogen (secondary N) is 2. The second-order valence-corrected chi connectivity index (χ2v) is 11.8. The molecule has 208 valence electrons. The average Bonchev–Trinajstić information content (AvgIpc) is 2.72. The summed E-state index contributed by atoms with van der Waals surface area (Å²) in [6.07, 6.45) is 3.89. The van der Waals surface area contributed by atoms with Crippen molar-refractivity contribution in [3.05, 3.63) is 29.3 Å². The standard InChI is InChI=1S/C29H47N3O5/c1-9-12-20(5)30-26(34)24(22-16-10-13-19(4)25(22)33)32(21-14-11-15-21)27(35)23(17-18(2)3)31-28(36)37-29(6,7)8/h10,13,16,18,20-21,23-24,33H,9,11-12,14-15,17H2,1-8H3,(H,30,34)(H,31,36). The van der Waals surface area contributed by atoms with Crippen molar-refractivity contribution >= 4 is 17.9 Å². The van der Waals surface area contributed by atoms with Crippen molar-refractivity contribution in [1.29, 1.82) is 0 Å². The van der Waals surface area contributed by atoms with Gasteiger partial charge in [0.15, 0.2) is 0 Å². The zero-order valence-electron chi connectivity index (χ0n) is 23.9. The minimum atomic E-state index is -1.02. The molecule has 1 fully saturated rings. The van der Waals surface area contributed by atoms with Gasteiger partial charge >= 0.3 is 6.09 Å². The van der Waals surface area contributed by atoms with E-state index < -0.39 is 23.8 Å². The summed E-state index contributed by atoms with van der Waals surface area (Å²) in [5.74, 6) is -0.559. The van der Waals surface area contributed by atoms with Gasteiger partial charge in [0.2, 0.25) is 11.8 Å². The van der Waals surface area contributed by atoms with Crippen LogP contribution in [0.2, 0.25) is 0 Å². The normalized spacial score (nSPS) is 16.4. The van der Waals surface area contributed by atoms with E-state index in [0.717, 1.165) is 32.1 Å². The van der Waals surface area contributed by atoms with Crippen molar-refractivity contribution < 1.29 is 24.2 Å². The first-order chi connectivity index (χ1) is 17.2. The Morgan fingerprint density at radius 1 is 1.14 bits per heavy atom. The number of carbonyl (C=O) groups is 3. The fourth-order valence-corrected chi connectivity index (χ4v) is 4.65. The van der Waals surface area contributed by atoms with Crippen molar-refractivity contribution in [2.75, 3.05) is 0 Å². The van der Waals surface area contributed by atoms with Crippen molar-refractivity contribution in [3.63, 3.8) is 0 Å². The number of carbonyl (C=O) groups excluding carboxylic acids is 3. The molecule has 1 aromatic rings. The second-order valence-electron chi connectivity index (χ2n) is 11.8. The molecule has 3 N–H and O–H groups in total. The molecule has 1 aliphatic carbocycles. The smallest absolute Gasteiger partial charge is 0.408 e. The van der Waals surface area contributed by atoms with Crippen LogP contribution >= 0.6 is 0 Å². The monoisotopic (exact) mass is 517 g/mol. The Labute approximate surface area is 222 Å². The van der Waals surface area contributed by atoms with Crippen LogP contribution in [0.4, 0.5) is 4.79 Å². The van der Waals surface area contributed by atoms with Gasteiger partial charge in [-0.25, -0.2) is 4.79 Å². The first kappa shape index (κ1) is 30.5. The number of rotatable bonds is 11. The maximum Gasteiger partial charge on any atom is 0.408 e. The predicted molar refractivity (Wildman–Crippen MR) is 145 cm³/mol. The number of amides is 3. The average molecular weight is 518 g/mol. The van der Waals surface area contributed by atoms with Gasteiger partial charge in [0.05, 0.1) is 0 Å². The highest BCUT2D eigenvalue weighted by Gasteiger charge is 2.43. The van der Waals surface area contributed by atoms with Gasteiger partial charge in [0.25, 0.3) is 0 Å². The SMILES string of the molecule is CCCC(C)NC(=O)C(c1cccc(C)c1O)N(C(=O)C(CC(C)C)NC(=O)OC(C)(C)C)C1CCC1. The summed E-state index contributed by atoms with van der Waals surface area (Å²) in [7, 11) is 0. The number of para-hydroxylation sites is 1. The number of alkyl carbamates (subject to hydrolysis) is 1. The molecule has 0 aliphatic heterocycles. The van der Waals surface area contributed by atoms with Crippen molar-refractivity contribution in [3.8, 4) is 5.75 Å². The molecule has 0 radical (unpaired) electrons. The van der Waals surface area contributed by atoms with Crippen LogP contribution in [0.5, 0.6) is 5.75 Å². The third kappa shape index (κ3) is 8.64. The molecule has 3 amide bonds. The van der Waals surface area contributed by atoms with Crippen LogP contribution in [0, 0.1) is 12.8 Å². The first-order valence-electron chi connectivity index (χ1n) is 13.7. The van der Waals surface area contributed by atoms with Gasteiger partial charge in [-0.15, -0.1) is 0 Å². The Hall–Kier alpha value is -2.77. The van der Waals surface area contributed by atoms with Crippen LogP contribution in [0.1, 0.15) is 104 Å². The molecular formula is C29H47N3O5. The van der Waals surface area contributed by atoms with E-state index in [2.05, 4.69) is 17.6 Å². The van der Waals surface area contributed by atoms with Gasteiger partial charge in [-0.2, -0.15) is 0 Å². The molecule has 3 atom stereocenters. The van der Waals surface area contributed by atoms with Gasteiger partial charge in [-0.05, 0) is 78.2 Å². The van der Waals surface area contributed by atoms with E-state index in [0.29, 0.717) is 17.5 Å². The second kappa shape index (κ2) is 13.2. The fourth-order valence-electron chi connectivity index (χ4n) is 4.65. The van der Waals surface area contributed by atoms with Gasteiger partial charge < -0.3 is 25.4 Å².